The average Bonchev–Trinajstić information content (AvgIpc) is 3.12. The second kappa shape index (κ2) is 7.94. The Morgan fingerprint density at radius 2 is 2.00 bits per heavy atom. The van der Waals surface area contributed by atoms with Crippen molar-refractivity contribution in [1.82, 2.24) is 0 Å². The third-order valence-corrected chi connectivity index (χ3v) is 4.05. The average molecular weight is 357 g/mol. The Balaban J connectivity index is 1.62. The highest BCUT2D eigenvalue weighted by molar-refractivity contribution is 5.94. The first-order valence-electron chi connectivity index (χ1n) is 8.24. The van der Waals surface area contributed by atoms with Crippen molar-refractivity contribution in [3.8, 4) is 11.5 Å². The number of anilines is 1. The first kappa shape index (κ1) is 17.8. The molecule has 2 aromatic rings. The third kappa shape index (κ3) is 4.35. The van der Waals surface area contributed by atoms with Crippen molar-refractivity contribution in [2.24, 2.45) is 5.73 Å². The van der Waals surface area contributed by atoms with Crippen molar-refractivity contribution >= 4 is 17.3 Å². The number of nitrogens with two attached hydrogens (primary N) is 1. The van der Waals surface area contributed by atoms with Crippen molar-refractivity contribution < 1.29 is 19.2 Å². The molecule has 136 valence electrons. The van der Waals surface area contributed by atoms with Gasteiger partial charge in [-0.1, -0.05) is 6.07 Å². The zero-order valence-corrected chi connectivity index (χ0v) is 14.0. The molecule has 1 heterocycles. The molecule has 3 rings (SSSR count). The summed E-state index contributed by atoms with van der Waals surface area (Å²) in [5, 5.41) is 13.5. The molecule has 0 aromatic heterocycles. The molecule has 1 saturated heterocycles. The summed E-state index contributed by atoms with van der Waals surface area (Å²) in [5.74, 6) is 0.751. The fraction of sp³-hybridized carbons (Fsp3) is 0.278. The van der Waals surface area contributed by atoms with Gasteiger partial charge in [0.1, 0.15) is 17.6 Å². The van der Waals surface area contributed by atoms with E-state index in [2.05, 4.69) is 5.32 Å². The highest BCUT2D eigenvalue weighted by atomic mass is 16.6. The Bertz CT molecular complexity index is 794. The number of carbonyl (C=O) groups excluding carboxylic acids is 1. The van der Waals surface area contributed by atoms with Gasteiger partial charge in [0.05, 0.1) is 11.0 Å². The Kier molecular flexibility index (Phi) is 5.45. The molecule has 1 fully saturated rings. The smallest absolute Gasteiger partial charge is 0.269 e. The topological polar surface area (TPSA) is 117 Å². The molecule has 3 N–H and O–H groups in total. The fourth-order valence-electron chi connectivity index (χ4n) is 2.70. The fourth-order valence-corrected chi connectivity index (χ4v) is 2.70. The molecule has 2 atom stereocenters. The quantitative estimate of drug-likeness (QED) is 0.606. The normalized spacial score (nSPS) is 19.1. The van der Waals surface area contributed by atoms with E-state index in [0.29, 0.717) is 30.2 Å². The van der Waals surface area contributed by atoms with Crippen LogP contribution in [0.3, 0.4) is 0 Å². The zero-order valence-electron chi connectivity index (χ0n) is 14.0. The summed E-state index contributed by atoms with van der Waals surface area (Å²) >= 11 is 0. The minimum absolute atomic E-state index is 0.00860. The molecule has 1 aliphatic heterocycles. The standard InChI is InChI=1S/C18H19N3O5/c19-11-16-8-9-17(26-16)18(22)20-12-2-1-3-15(10-12)25-14-6-4-13(5-7-14)21(23)24/h1-7,10,16-17H,8-9,11,19H2,(H,20,22)/t16-,17+/m1/s1. The number of nitrogens with zero attached hydrogens (tertiary/aromatic N) is 1. The number of carbonyl (C=O) groups is 1. The molecule has 0 saturated carbocycles. The molecule has 1 aliphatic rings. The van der Waals surface area contributed by atoms with Crippen molar-refractivity contribution in [3.05, 3.63) is 58.6 Å². The largest absolute Gasteiger partial charge is 0.457 e. The van der Waals surface area contributed by atoms with E-state index in [9.17, 15) is 14.9 Å². The van der Waals surface area contributed by atoms with Gasteiger partial charge in [-0.15, -0.1) is 0 Å². The zero-order chi connectivity index (χ0) is 18.5. The lowest BCUT2D eigenvalue weighted by Gasteiger charge is -2.13. The van der Waals surface area contributed by atoms with Crippen LogP contribution in [-0.2, 0) is 9.53 Å². The number of nitrogens with one attached hydrogen (secondary N) is 1. The lowest BCUT2D eigenvalue weighted by Crippen LogP contribution is -2.29. The molecule has 0 spiro atoms. The van der Waals surface area contributed by atoms with Crippen LogP contribution in [0, 0.1) is 10.1 Å². The number of hydrogen-bond acceptors (Lipinski definition) is 6. The maximum absolute atomic E-state index is 12.3. The number of non-ortho nitro benzene ring substituents is 1. The maximum atomic E-state index is 12.3. The predicted octanol–water partition coefficient (Wildman–Crippen LogP) is 2.83. The van der Waals surface area contributed by atoms with Crippen LogP contribution in [0.2, 0.25) is 0 Å². The van der Waals surface area contributed by atoms with E-state index in [1.54, 1.807) is 24.3 Å². The van der Waals surface area contributed by atoms with Crippen LogP contribution >= 0.6 is 0 Å². The molecule has 8 heteroatoms. The summed E-state index contributed by atoms with van der Waals surface area (Å²) in [4.78, 5) is 22.5. The number of nitro groups is 1. The number of amides is 1. The van der Waals surface area contributed by atoms with Gasteiger partial charge >= 0.3 is 0 Å². The van der Waals surface area contributed by atoms with Crippen LogP contribution in [0.5, 0.6) is 11.5 Å². The SMILES string of the molecule is NC[C@H]1CC[C@@H](C(=O)Nc2cccc(Oc3ccc([N+](=O)[O-])cc3)c2)O1. The lowest BCUT2D eigenvalue weighted by atomic mass is 10.2. The van der Waals surface area contributed by atoms with E-state index in [0.717, 1.165) is 6.42 Å². The van der Waals surface area contributed by atoms with Crippen molar-refractivity contribution in [1.29, 1.82) is 0 Å². The van der Waals surface area contributed by atoms with Gasteiger partial charge < -0.3 is 20.5 Å². The molecule has 26 heavy (non-hydrogen) atoms. The van der Waals surface area contributed by atoms with E-state index in [4.69, 9.17) is 15.2 Å². The molecule has 0 unspecified atom stereocenters. The van der Waals surface area contributed by atoms with Gasteiger partial charge in [-0.2, -0.15) is 0 Å². The molecule has 8 nitrogen and oxygen atoms in total. The highest BCUT2D eigenvalue weighted by Gasteiger charge is 2.29. The van der Waals surface area contributed by atoms with E-state index in [-0.39, 0.29) is 17.7 Å². The minimum Gasteiger partial charge on any atom is -0.457 e. The van der Waals surface area contributed by atoms with Crippen LogP contribution in [-0.4, -0.2) is 29.6 Å². The Morgan fingerprint density at radius 3 is 2.65 bits per heavy atom. The van der Waals surface area contributed by atoms with Gasteiger partial charge in [0, 0.05) is 30.4 Å². The number of nitro benzene ring substituents is 1. The van der Waals surface area contributed by atoms with Crippen LogP contribution in [0.15, 0.2) is 48.5 Å². The van der Waals surface area contributed by atoms with E-state index >= 15 is 0 Å². The highest BCUT2D eigenvalue weighted by Crippen LogP contribution is 2.26. The first-order valence-corrected chi connectivity index (χ1v) is 8.24. The summed E-state index contributed by atoms with van der Waals surface area (Å²) in [5.41, 5.74) is 6.13. The van der Waals surface area contributed by atoms with Gasteiger partial charge in [0.15, 0.2) is 0 Å². The summed E-state index contributed by atoms with van der Waals surface area (Å²) in [6.45, 7) is 0.405. The molecule has 0 radical (unpaired) electrons. The van der Waals surface area contributed by atoms with Crippen molar-refractivity contribution in [2.75, 3.05) is 11.9 Å². The molecular formula is C18H19N3O5. The molecule has 0 aliphatic carbocycles. The second-order valence-electron chi connectivity index (χ2n) is 5.93. The summed E-state index contributed by atoms with van der Waals surface area (Å²) in [6, 6.07) is 12.7. The van der Waals surface area contributed by atoms with Gasteiger partial charge in [-0.25, -0.2) is 0 Å². The van der Waals surface area contributed by atoms with Gasteiger partial charge in [-0.3, -0.25) is 14.9 Å². The van der Waals surface area contributed by atoms with Crippen LogP contribution in [0.4, 0.5) is 11.4 Å². The minimum atomic E-state index is -0.497. The van der Waals surface area contributed by atoms with E-state index in [1.807, 2.05) is 0 Å². The monoisotopic (exact) mass is 357 g/mol. The number of benzene rings is 2. The third-order valence-electron chi connectivity index (χ3n) is 4.05. The van der Waals surface area contributed by atoms with Crippen LogP contribution in [0.25, 0.3) is 0 Å². The van der Waals surface area contributed by atoms with Gasteiger partial charge in [-0.05, 0) is 37.1 Å². The van der Waals surface area contributed by atoms with Crippen molar-refractivity contribution in [2.45, 2.75) is 25.0 Å². The summed E-state index contributed by atoms with van der Waals surface area (Å²) in [7, 11) is 0. The second-order valence-corrected chi connectivity index (χ2v) is 5.93. The molecule has 0 bridgehead atoms. The number of hydrogen-bond donors (Lipinski definition) is 2. The van der Waals surface area contributed by atoms with Gasteiger partial charge in [0.25, 0.3) is 11.6 Å². The Morgan fingerprint density at radius 1 is 1.23 bits per heavy atom. The molecule has 1 amide bonds. The summed E-state index contributed by atoms with van der Waals surface area (Å²) < 4.78 is 11.3. The Labute approximate surface area is 150 Å². The lowest BCUT2D eigenvalue weighted by molar-refractivity contribution is -0.384. The van der Waals surface area contributed by atoms with Crippen molar-refractivity contribution in [3.63, 3.8) is 0 Å². The van der Waals surface area contributed by atoms with Crippen LogP contribution in [0.1, 0.15) is 12.8 Å². The van der Waals surface area contributed by atoms with E-state index < -0.39 is 11.0 Å². The van der Waals surface area contributed by atoms with E-state index in [1.165, 1.54) is 24.3 Å². The van der Waals surface area contributed by atoms with Crippen LogP contribution < -0.4 is 15.8 Å². The maximum Gasteiger partial charge on any atom is 0.269 e. The molecule has 2 aromatic carbocycles. The Hall–Kier alpha value is -2.97. The van der Waals surface area contributed by atoms with Gasteiger partial charge in [0.2, 0.25) is 0 Å². The molecular weight excluding hydrogens is 338 g/mol. The predicted molar refractivity (Wildman–Crippen MR) is 95.2 cm³/mol. The first-order chi connectivity index (χ1) is 12.5. The number of rotatable bonds is 6. The number of ether oxygens (including phenoxy) is 2. The summed E-state index contributed by atoms with van der Waals surface area (Å²) in [6.07, 6.45) is 0.857.